The fraction of sp³-hybridized carbons (Fsp3) is 0.462. The van der Waals surface area contributed by atoms with E-state index in [-0.39, 0.29) is 0 Å². The summed E-state index contributed by atoms with van der Waals surface area (Å²) in [7, 11) is 0. The number of hydrogen-bond donors (Lipinski definition) is 2. The summed E-state index contributed by atoms with van der Waals surface area (Å²) < 4.78 is 1.68. The molecule has 19 heavy (non-hydrogen) atoms. The van der Waals surface area contributed by atoms with Gasteiger partial charge in [0.2, 0.25) is 0 Å². The van der Waals surface area contributed by atoms with Crippen LogP contribution in [0.2, 0.25) is 0 Å². The highest BCUT2D eigenvalue weighted by Gasteiger charge is 2.13. The number of piperidine rings is 1. The van der Waals surface area contributed by atoms with Crippen LogP contribution in [-0.2, 0) is 0 Å². The minimum absolute atomic E-state index is 0.678. The third kappa shape index (κ3) is 2.90. The zero-order chi connectivity index (χ0) is 12.9. The van der Waals surface area contributed by atoms with Crippen molar-refractivity contribution in [1.29, 1.82) is 0 Å². The quantitative estimate of drug-likeness (QED) is 0.858. The van der Waals surface area contributed by atoms with Gasteiger partial charge in [-0.25, -0.2) is 14.6 Å². The van der Waals surface area contributed by atoms with Gasteiger partial charge >= 0.3 is 0 Å². The molecule has 1 aliphatic rings. The Morgan fingerprint density at radius 1 is 1.47 bits per heavy atom. The number of pyridine rings is 1. The van der Waals surface area contributed by atoms with Crippen molar-refractivity contribution in [1.82, 2.24) is 25.1 Å². The van der Waals surface area contributed by atoms with Crippen LogP contribution in [0.5, 0.6) is 0 Å². The Morgan fingerprint density at radius 2 is 2.47 bits per heavy atom. The number of anilines is 1. The number of nitrogens with zero attached hydrogens (tertiary/aromatic N) is 4. The van der Waals surface area contributed by atoms with Crippen LogP contribution in [0.15, 0.2) is 31.0 Å². The number of rotatable bonds is 4. The van der Waals surface area contributed by atoms with Gasteiger partial charge < -0.3 is 10.6 Å². The molecule has 1 atom stereocenters. The molecule has 0 radical (unpaired) electrons. The molecule has 2 aromatic heterocycles. The molecule has 3 rings (SSSR count). The van der Waals surface area contributed by atoms with Gasteiger partial charge in [0.15, 0.2) is 5.82 Å². The summed E-state index contributed by atoms with van der Waals surface area (Å²) in [4.78, 5) is 8.33. The van der Waals surface area contributed by atoms with E-state index in [0.717, 1.165) is 31.1 Å². The van der Waals surface area contributed by atoms with Crippen molar-refractivity contribution in [3.63, 3.8) is 0 Å². The van der Waals surface area contributed by atoms with Crippen molar-refractivity contribution in [3.05, 3.63) is 31.0 Å². The fourth-order valence-corrected chi connectivity index (χ4v) is 2.39. The maximum atomic E-state index is 4.37. The van der Waals surface area contributed by atoms with E-state index in [1.807, 2.05) is 12.1 Å². The second kappa shape index (κ2) is 5.79. The van der Waals surface area contributed by atoms with Crippen molar-refractivity contribution in [3.8, 4) is 5.82 Å². The average Bonchev–Trinajstić information content (AvgIpc) is 3.01. The van der Waals surface area contributed by atoms with Crippen LogP contribution in [0.1, 0.15) is 12.8 Å². The molecular formula is C13H18N6. The van der Waals surface area contributed by atoms with Crippen LogP contribution >= 0.6 is 0 Å². The van der Waals surface area contributed by atoms with E-state index >= 15 is 0 Å². The van der Waals surface area contributed by atoms with E-state index in [4.69, 9.17) is 0 Å². The third-order valence-corrected chi connectivity index (χ3v) is 3.40. The predicted molar refractivity (Wildman–Crippen MR) is 73.2 cm³/mol. The van der Waals surface area contributed by atoms with Crippen LogP contribution in [0.4, 0.5) is 5.69 Å². The van der Waals surface area contributed by atoms with Crippen molar-refractivity contribution >= 4 is 5.69 Å². The largest absolute Gasteiger partial charge is 0.382 e. The van der Waals surface area contributed by atoms with Crippen LogP contribution in [0.25, 0.3) is 5.82 Å². The first-order valence-electron chi connectivity index (χ1n) is 6.68. The van der Waals surface area contributed by atoms with Crippen molar-refractivity contribution in [2.75, 3.05) is 25.0 Å². The molecule has 3 heterocycles. The van der Waals surface area contributed by atoms with Gasteiger partial charge in [-0.3, -0.25) is 0 Å². The first-order valence-corrected chi connectivity index (χ1v) is 6.68. The number of nitrogens with one attached hydrogen (secondary N) is 2. The lowest BCUT2D eigenvalue weighted by Gasteiger charge is -2.23. The van der Waals surface area contributed by atoms with Gasteiger partial charge in [-0.05, 0) is 44.0 Å². The van der Waals surface area contributed by atoms with Crippen LogP contribution in [0.3, 0.4) is 0 Å². The number of aromatic nitrogens is 4. The van der Waals surface area contributed by atoms with E-state index < -0.39 is 0 Å². The van der Waals surface area contributed by atoms with Crippen LogP contribution in [-0.4, -0.2) is 39.4 Å². The molecule has 1 aliphatic heterocycles. The lowest BCUT2D eigenvalue weighted by Crippen LogP contribution is -2.33. The van der Waals surface area contributed by atoms with E-state index in [1.165, 1.54) is 19.2 Å². The van der Waals surface area contributed by atoms with Crippen LogP contribution < -0.4 is 10.6 Å². The highest BCUT2D eigenvalue weighted by molar-refractivity contribution is 5.56. The molecule has 0 bridgehead atoms. The lowest BCUT2D eigenvalue weighted by molar-refractivity contribution is 0.393. The molecule has 0 aliphatic carbocycles. The van der Waals surface area contributed by atoms with Gasteiger partial charge in [0.1, 0.15) is 12.7 Å². The maximum absolute atomic E-state index is 4.37. The topological polar surface area (TPSA) is 67.7 Å². The molecule has 0 spiro atoms. The van der Waals surface area contributed by atoms with Crippen molar-refractivity contribution in [2.45, 2.75) is 12.8 Å². The zero-order valence-corrected chi connectivity index (χ0v) is 10.8. The first-order chi connectivity index (χ1) is 9.43. The normalized spacial score (nSPS) is 19.3. The monoisotopic (exact) mass is 258 g/mol. The Morgan fingerprint density at radius 3 is 3.26 bits per heavy atom. The summed E-state index contributed by atoms with van der Waals surface area (Å²) in [5, 5.41) is 11.0. The Hall–Kier alpha value is -1.95. The molecule has 0 amide bonds. The zero-order valence-electron chi connectivity index (χ0n) is 10.8. The number of hydrogen-bond acceptors (Lipinski definition) is 5. The molecule has 0 aromatic carbocycles. The highest BCUT2D eigenvalue weighted by atomic mass is 15.3. The molecule has 6 nitrogen and oxygen atoms in total. The molecule has 6 heteroatoms. The van der Waals surface area contributed by atoms with Gasteiger partial charge in [-0.15, -0.1) is 0 Å². The van der Waals surface area contributed by atoms with E-state index in [2.05, 4.69) is 25.7 Å². The minimum Gasteiger partial charge on any atom is -0.382 e. The Labute approximate surface area is 112 Å². The van der Waals surface area contributed by atoms with E-state index in [9.17, 15) is 0 Å². The second-order valence-electron chi connectivity index (χ2n) is 4.81. The summed E-state index contributed by atoms with van der Waals surface area (Å²) >= 11 is 0. The minimum atomic E-state index is 0.678. The Bertz CT molecular complexity index is 504. The lowest BCUT2D eigenvalue weighted by atomic mass is 10.00. The fourth-order valence-electron chi connectivity index (χ4n) is 2.39. The van der Waals surface area contributed by atoms with E-state index in [0.29, 0.717) is 5.92 Å². The molecule has 100 valence electrons. The average molecular weight is 258 g/mol. The van der Waals surface area contributed by atoms with Gasteiger partial charge in [0.25, 0.3) is 0 Å². The maximum Gasteiger partial charge on any atom is 0.178 e. The molecule has 1 saturated heterocycles. The molecule has 1 unspecified atom stereocenters. The predicted octanol–water partition coefficient (Wildman–Crippen LogP) is 1.07. The van der Waals surface area contributed by atoms with Crippen LogP contribution in [0, 0.1) is 5.92 Å². The van der Waals surface area contributed by atoms with E-state index in [1.54, 1.807) is 17.2 Å². The summed E-state index contributed by atoms with van der Waals surface area (Å²) in [6.45, 7) is 3.19. The van der Waals surface area contributed by atoms with Gasteiger partial charge in [-0.2, -0.15) is 5.10 Å². The summed E-state index contributed by atoms with van der Waals surface area (Å²) in [5.74, 6) is 1.47. The van der Waals surface area contributed by atoms with Gasteiger partial charge in [0.05, 0.1) is 5.69 Å². The third-order valence-electron chi connectivity index (χ3n) is 3.40. The van der Waals surface area contributed by atoms with Gasteiger partial charge in [0, 0.05) is 12.7 Å². The van der Waals surface area contributed by atoms with Crippen molar-refractivity contribution < 1.29 is 0 Å². The molecular weight excluding hydrogens is 240 g/mol. The molecule has 2 N–H and O–H groups in total. The highest BCUT2D eigenvalue weighted by Crippen LogP contribution is 2.17. The Balaban J connectivity index is 1.70. The summed E-state index contributed by atoms with van der Waals surface area (Å²) in [6, 6.07) is 3.96. The SMILES string of the molecule is c1cnc(-n2cncn2)c(NCC2CCCNC2)c1. The second-order valence-corrected chi connectivity index (χ2v) is 4.81. The summed E-state index contributed by atoms with van der Waals surface area (Å²) in [6.07, 6.45) is 7.48. The van der Waals surface area contributed by atoms with Gasteiger partial charge in [-0.1, -0.05) is 0 Å². The standard InChI is InChI=1S/C13H18N6/c1-3-11(7-14-5-1)8-17-12-4-2-6-16-13(12)19-10-15-9-18-19/h2,4,6,9-11,14,17H,1,3,5,7-8H2. The summed E-state index contributed by atoms with van der Waals surface area (Å²) in [5.41, 5.74) is 0.999. The molecule has 1 fully saturated rings. The van der Waals surface area contributed by atoms with Crippen molar-refractivity contribution in [2.24, 2.45) is 5.92 Å². The Kier molecular flexibility index (Phi) is 3.69. The molecule has 2 aromatic rings. The molecule has 0 saturated carbocycles. The smallest absolute Gasteiger partial charge is 0.178 e. The first kappa shape index (κ1) is 12.1.